The van der Waals surface area contributed by atoms with E-state index in [1.807, 2.05) is 31.2 Å². The van der Waals surface area contributed by atoms with Crippen molar-refractivity contribution in [2.45, 2.75) is 47.1 Å². The zero-order valence-electron chi connectivity index (χ0n) is 24.7. The molecule has 0 unspecified atom stereocenters. The second-order valence-electron chi connectivity index (χ2n) is 11.5. The molecule has 0 atom stereocenters. The molecule has 0 spiro atoms. The van der Waals surface area contributed by atoms with Gasteiger partial charge >= 0.3 is 0 Å². The second-order valence-corrected chi connectivity index (χ2v) is 11.5. The number of aromatic nitrogens is 4. The number of amides is 1. The van der Waals surface area contributed by atoms with Gasteiger partial charge in [-0.25, -0.2) is 9.50 Å². The summed E-state index contributed by atoms with van der Waals surface area (Å²) < 4.78 is 1.79. The summed E-state index contributed by atoms with van der Waals surface area (Å²) in [6, 6.07) is 11.9. The number of carbonyl (C=O) groups excluding carboxylic acids is 1. The average molecular weight is 550 g/mol. The van der Waals surface area contributed by atoms with Gasteiger partial charge in [-0.1, -0.05) is 25.8 Å². The predicted molar refractivity (Wildman–Crippen MR) is 163 cm³/mol. The van der Waals surface area contributed by atoms with E-state index in [4.69, 9.17) is 5.10 Å². The first-order valence-electron chi connectivity index (χ1n) is 14.4. The van der Waals surface area contributed by atoms with E-state index in [1.165, 1.54) is 11.1 Å². The zero-order chi connectivity index (χ0) is 28.9. The highest BCUT2D eigenvalue weighted by atomic mass is 16.1. The fourth-order valence-electron chi connectivity index (χ4n) is 4.88. The predicted octanol–water partition coefficient (Wildman–Crippen LogP) is 4.73. The number of anilines is 1. The van der Waals surface area contributed by atoms with E-state index in [9.17, 15) is 4.79 Å². The summed E-state index contributed by atoms with van der Waals surface area (Å²) in [5.74, 6) is 6.79. The monoisotopic (exact) mass is 549 g/mol. The number of aryl methyl sites for hydroxylation is 3. The maximum Gasteiger partial charge on any atom is 0.257 e. The Labute approximate surface area is 242 Å². The van der Waals surface area contributed by atoms with Crippen LogP contribution in [-0.2, 0) is 13.0 Å². The van der Waals surface area contributed by atoms with Crippen LogP contribution in [-0.4, -0.2) is 68.5 Å². The molecule has 1 aromatic carbocycles. The minimum atomic E-state index is -0.210. The van der Waals surface area contributed by atoms with Gasteiger partial charge in [0.25, 0.3) is 5.91 Å². The number of piperazine rings is 1. The van der Waals surface area contributed by atoms with Gasteiger partial charge in [0.2, 0.25) is 0 Å². The number of nitrogens with one attached hydrogen (secondary N) is 1. The molecule has 4 aromatic rings. The maximum absolute atomic E-state index is 13.1. The van der Waals surface area contributed by atoms with Crippen molar-refractivity contribution in [3.8, 4) is 11.8 Å². The first kappa shape index (κ1) is 28.5. The molecule has 212 valence electrons. The van der Waals surface area contributed by atoms with E-state index in [1.54, 1.807) is 23.0 Å². The lowest BCUT2D eigenvalue weighted by molar-refractivity contribution is 0.102. The lowest BCUT2D eigenvalue weighted by atomic mass is 10.1. The third-order valence-electron chi connectivity index (χ3n) is 7.66. The molecule has 1 amide bonds. The quantitative estimate of drug-likeness (QED) is 0.336. The molecule has 8 nitrogen and oxygen atoms in total. The number of pyridine rings is 1. The highest BCUT2D eigenvalue weighted by molar-refractivity contribution is 6.04. The summed E-state index contributed by atoms with van der Waals surface area (Å²) in [6.45, 7) is 13.7. The maximum atomic E-state index is 13.1. The third kappa shape index (κ3) is 7.18. The highest BCUT2D eigenvalue weighted by Gasteiger charge is 2.15. The topological polar surface area (TPSA) is 78.7 Å². The van der Waals surface area contributed by atoms with Gasteiger partial charge in [0.05, 0.1) is 23.1 Å². The Morgan fingerprint density at radius 2 is 1.80 bits per heavy atom. The molecule has 0 saturated carbocycles. The minimum Gasteiger partial charge on any atom is -0.322 e. The van der Waals surface area contributed by atoms with Crippen molar-refractivity contribution in [1.29, 1.82) is 0 Å². The number of benzene rings is 1. The Hall–Kier alpha value is -4.06. The van der Waals surface area contributed by atoms with Gasteiger partial charge in [0.1, 0.15) is 5.69 Å². The Bertz CT molecular complexity index is 1600. The largest absolute Gasteiger partial charge is 0.322 e. The van der Waals surface area contributed by atoms with E-state index in [0.29, 0.717) is 22.7 Å². The van der Waals surface area contributed by atoms with Gasteiger partial charge in [0, 0.05) is 50.2 Å². The van der Waals surface area contributed by atoms with Crippen molar-refractivity contribution < 1.29 is 4.79 Å². The molecule has 0 aliphatic carbocycles. The molecular formula is C33H39N7O. The number of imidazole rings is 1. The average Bonchev–Trinajstić information content (AvgIpc) is 3.36. The molecule has 1 aliphatic rings. The van der Waals surface area contributed by atoms with Crippen LogP contribution in [0.2, 0.25) is 0 Å². The lowest BCUT2D eigenvalue weighted by Crippen LogP contribution is -2.43. The van der Waals surface area contributed by atoms with Crippen molar-refractivity contribution in [2.24, 2.45) is 5.92 Å². The van der Waals surface area contributed by atoms with Crippen LogP contribution in [0.1, 0.15) is 64.4 Å². The third-order valence-corrected chi connectivity index (χ3v) is 7.66. The van der Waals surface area contributed by atoms with E-state index in [-0.39, 0.29) is 5.91 Å². The van der Waals surface area contributed by atoms with E-state index >= 15 is 0 Å². The van der Waals surface area contributed by atoms with Gasteiger partial charge in [-0.2, -0.15) is 5.10 Å². The highest BCUT2D eigenvalue weighted by Crippen LogP contribution is 2.19. The molecule has 41 heavy (non-hydrogen) atoms. The number of carbonyl (C=O) groups is 1. The molecule has 1 aliphatic heterocycles. The van der Waals surface area contributed by atoms with E-state index in [2.05, 4.69) is 70.8 Å². The molecule has 0 radical (unpaired) electrons. The molecule has 4 heterocycles. The first-order valence-corrected chi connectivity index (χ1v) is 14.4. The number of rotatable bonds is 7. The molecule has 1 saturated heterocycles. The minimum absolute atomic E-state index is 0.210. The van der Waals surface area contributed by atoms with Gasteiger partial charge < -0.3 is 10.2 Å². The summed E-state index contributed by atoms with van der Waals surface area (Å²) in [4.78, 5) is 26.9. The number of hydrogen-bond donors (Lipinski definition) is 1. The van der Waals surface area contributed by atoms with Crippen LogP contribution in [0, 0.1) is 31.6 Å². The van der Waals surface area contributed by atoms with Gasteiger partial charge in [-0.3, -0.25) is 14.7 Å². The van der Waals surface area contributed by atoms with Crippen LogP contribution in [0.15, 0.2) is 48.8 Å². The van der Waals surface area contributed by atoms with Gasteiger partial charge in [-0.05, 0) is 87.0 Å². The number of likely N-dealkylation sites (N-methyl/N-ethyl adjacent to an activating group) is 1. The molecule has 5 rings (SSSR count). The standard InChI is InChI=1S/C33H39N7O/c1-23(2)6-9-29-11-13-32-35-21-31(40(32)37-29)12-8-26-19-28(20-34-25(26)4)33(41)36-30-10-7-27(24(3)18-30)22-39-16-14-38(5)15-17-39/h7,10-11,13,18-21,23H,6,9,14-17,22H2,1-5H3,(H,36,41). The van der Waals surface area contributed by atoms with Crippen LogP contribution >= 0.6 is 0 Å². The fourth-order valence-corrected chi connectivity index (χ4v) is 4.88. The van der Waals surface area contributed by atoms with Crippen LogP contribution in [0.5, 0.6) is 0 Å². The van der Waals surface area contributed by atoms with Crippen molar-refractivity contribution in [3.05, 3.63) is 88.1 Å². The summed E-state index contributed by atoms with van der Waals surface area (Å²) >= 11 is 0. The first-order chi connectivity index (χ1) is 19.7. The Morgan fingerprint density at radius 3 is 2.56 bits per heavy atom. The van der Waals surface area contributed by atoms with Crippen LogP contribution in [0.3, 0.4) is 0 Å². The summed E-state index contributed by atoms with van der Waals surface area (Å²) in [6.07, 6.45) is 5.32. The number of nitrogens with zero attached hydrogens (tertiary/aromatic N) is 6. The molecule has 0 bridgehead atoms. The van der Waals surface area contributed by atoms with Crippen molar-refractivity contribution in [3.63, 3.8) is 0 Å². The molecule has 1 N–H and O–H groups in total. The van der Waals surface area contributed by atoms with Gasteiger partial charge in [-0.15, -0.1) is 0 Å². The van der Waals surface area contributed by atoms with E-state index < -0.39 is 0 Å². The van der Waals surface area contributed by atoms with Crippen LogP contribution < -0.4 is 5.32 Å². The fraction of sp³-hybridized carbons (Fsp3) is 0.394. The number of fused-ring (bicyclic) bond motifs is 1. The molecule has 3 aromatic heterocycles. The Kier molecular flexibility index (Phi) is 8.77. The summed E-state index contributed by atoms with van der Waals surface area (Å²) in [5.41, 5.74) is 7.63. The number of hydrogen-bond acceptors (Lipinski definition) is 6. The second kappa shape index (κ2) is 12.6. The van der Waals surface area contributed by atoms with Crippen molar-refractivity contribution in [1.82, 2.24) is 29.4 Å². The van der Waals surface area contributed by atoms with Crippen molar-refractivity contribution >= 4 is 17.2 Å². The normalized spacial score (nSPS) is 14.3. The molecule has 8 heteroatoms. The van der Waals surface area contributed by atoms with Crippen LogP contribution in [0.25, 0.3) is 5.65 Å². The summed E-state index contributed by atoms with van der Waals surface area (Å²) in [7, 11) is 2.17. The smallest absolute Gasteiger partial charge is 0.257 e. The lowest BCUT2D eigenvalue weighted by Gasteiger charge is -2.32. The Balaban J connectivity index is 1.28. The van der Waals surface area contributed by atoms with E-state index in [0.717, 1.165) is 68.3 Å². The summed E-state index contributed by atoms with van der Waals surface area (Å²) in [5, 5.41) is 7.78. The van der Waals surface area contributed by atoms with Crippen molar-refractivity contribution in [2.75, 3.05) is 38.5 Å². The zero-order valence-corrected chi connectivity index (χ0v) is 24.7. The Morgan fingerprint density at radius 1 is 1.00 bits per heavy atom. The van der Waals surface area contributed by atoms with Crippen LogP contribution in [0.4, 0.5) is 5.69 Å². The molecule has 1 fully saturated rings. The van der Waals surface area contributed by atoms with Gasteiger partial charge in [0.15, 0.2) is 5.65 Å². The SMILES string of the molecule is Cc1cc(NC(=O)c2cnc(C)c(C#Cc3cnc4ccc(CCC(C)C)nn34)c2)ccc1CN1CCN(C)CC1. The molecular weight excluding hydrogens is 510 g/mol.